The molecule has 0 saturated heterocycles. The van der Waals surface area contributed by atoms with E-state index in [1.807, 2.05) is 38.1 Å². The van der Waals surface area contributed by atoms with Crippen LogP contribution in [-0.4, -0.2) is 17.9 Å². The molecule has 0 amide bonds. The number of ether oxygens (including phenoxy) is 2. The third kappa shape index (κ3) is 2.78. The molecule has 4 rings (SSSR count). The van der Waals surface area contributed by atoms with Crippen LogP contribution >= 0.6 is 0 Å². The maximum Gasteiger partial charge on any atom is 0.223 e. The number of hydrogen-bond acceptors (Lipinski definition) is 6. The Morgan fingerprint density at radius 3 is 2.68 bits per heavy atom. The van der Waals surface area contributed by atoms with E-state index < -0.39 is 11.8 Å². The van der Waals surface area contributed by atoms with Gasteiger partial charge in [0.2, 0.25) is 5.88 Å². The summed E-state index contributed by atoms with van der Waals surface area (Å²) >= 11 is 0. The monoisotopic (exact) mass is 373 g/mol. The van der Waals surface area contributed by atoms with Crippen LogP contribution in [0.25, 0.3) is 10.9 Å². The van der Waals surface area contributed by atoms with E-state index in [9.17, 15) is 15.3 Å². The average molecular weight is 373 g/mol. The maximum atomic E-state index is 13.0. The zero-order valence-corrected chi connectivity index (χ0v) is 15.9. The predicted molar refractivity (Wildman–Crippen MR) is 101 cm³/mol. The summed E-state index contributed by atoms with van der Waals surface area (Å²) in [5.74, 6) is -0.154. The second kappa shape index (κ2) is 6.35. The number of pyridine rings is 1. The van der Waals surface area contributed by atoms with Gasteiger partial charge in [0.1, 0.15) is 17.4 Å². The summed E-state index contributed by atoms with van der Waals surface area (Å²) in [6.45, 7) is 4.02. The fourth-order valence-corrected chi connectivity index (χ4v) is 4.10. The highest BCUT2D eigenvalue weighted by Crippen LogP contribution is 2.50. The van der Waals surface area contributed by atoms with E-state index in [-0.39, 0.29) is 11.2 Å². The molecule has 2 aliphatic rings. The van der Waals surface area contributed by atoms with Gasteiger partial charge in [-0.05, 0) is 29.7 Å². The third-order valence-corrected chi connectivity index (χ3v) is 5.37. The number of hydrogen-bond donors (Lipinski definition) is 0. The van der Waals surface area contributed by atoms with Crippen LogP contribution in [0.15, 0.2) is 35.6 Å². The molecule has 6 nitrogen and oxygen atoms in total. The van der Waals surface area contributed by atoms with Gasteiger partial charge in [0.25, 0.3) is 0 Å². The lowest BCUT2D eigenvalue weighted by Crippen LogP contribution is -2.34. The Labute approximate surface area is 163 Å². The van der Waals surface area contributed by atoms with Gasteiger partial charge in [0.05, 0.1) is 30.7 Å². The lowest BCUT2D eigenvalue weighted by molar-refractivity contribution is -0.119. The van der Waals surface area contributed by atoms with Crippen LogP contribution in [0.2, 0.25) is 0 Å². The molecule has 1 atom stereocenters. The van der Waals surface area contributed by atoms with Gasteiger partial charge in [0.15, 0.2) is 5.78 Å². The normalized spacial score (nSPS) is 20.1. The summed E-state index contributed by atoms with van der Waals surface area (Å²) in [4.78, 5) is 17.6. The van der Waals surface area contributed by atoms with E-state index in [4.69, 9.17) is 9.47 Å². The Bertz CT molecular complexity index is 1100. The van der Waals surface area contributed by atoms with E-state index in [0.717, 1.165) is 5.39 Å². The highest BCUT2D eigenvalue weighted by Gasteiger charge is 2.45. The first kappa shape index (κ1) is 18.0. The average Bonchev–Trinajstić information content (AvgIpc) is 2.65. The number of methoxy groups -OCH3 is 1. The molecule has 6 heteroatoms. The minimum Gasteiger partial charge on any atom is -0.497 e. The van der Waals surface area contributed by atoms with Crippen molar-refractivity contribution >= 4 is 16.7 Å². The molecule has 1 aromatic carbocycles. The van der Waals surface area contributed by atoms with Crippen molar-refractivity contribution in [2.75, 3.05) is 7.11 Å². The number of carbonyl (C=O) groups excluding carboxylic acids is 1. The molecule has 0 bridgehead atoms. The van der Waals surface area contributed by atoms with E-state index in [0.29, 0.717) is 46.9 Å². The molecule has 2 heterocycles. The summed E-state index contributed by atoms with van der Waals surface area (Å²) in [6.07, 6.45) is 0.926. The lowest BCUT2D eigenvalue weighted by atomic mass is 9.69. The fraction of sp³-hybridized carbons (Fsp3) is 0.364. The van der Waals surface area contributed by atoms with Gasteiger partial charge in [-0.1, -0.05) is 13.8 Å². The molecule has 0 fully saturated rings. The Morgan fingerprint density at radius 1 is 1.25 bits per heavy atom. The first-order valence-corrected chi connectivity index (χ1v) is 9.09. The van der Waals surface area contributed by atoms with Crippen molar-refractivity contribution in [2.24, 2.45) is 11.3 Å². The highest BCUT2D eigenvalue weighted by atomic mass is 16.5. The number of Topliss-reactive ketones (excluding diaryl/α,β-unsaturated/α-hetero) is 1. The minimum atomic E-state index is -0.998. The fourth-order valence-electron chi connectivity index (χ4n) is 4.10. The molecule has 0 N–H and O–H groups in total. The number of fused-ring (bicyclic) bond motifs is 2. The Balaban J connectivity index is 1.96. The van der Waals surface area contributed by atoms with Crippen LogP contribution in [0.3, 0.4) is 0 Å². The standard InChI is InChI=1S/C22H19N3O3/c1-22(2)8-17(26)20-18(9-22)28-21-15(19(20)13(10-23)11-24)7-12-6-14(27-3)4-5-16(12)25-21/h4-7,13,19H,8-9H2,1-3H3. The van der Waals surface area contributed by atoms with E-state index in [1.165, 1.54) is 0 Å². The first-order valence-electron chi connectivity index (χ1n) is 9.09. The topological polar surface area (TPSA) is 96.0 Å². The van der Waals surface area contributed by atoms with Crippen LogP contribution in [0.5, 0.6) is 11.6 Å². The molecule has 2 aromatic rings. The molecular weight excluding hydrogens is 354 g/mol. The molecule has 1 aromatic heterocycles. The molecule has 1 aliphatic heterocycles. The highest BCUT2D eigenvalue weighted by molar-refractivity contribution is 6.00. The van der Waals surface area contributed by atoms with Crippen molar-refractivity contribution in [3.05, 3.63) is 41.2 Å². The molecule has 0 spiro atoms. The van der Waals surface area contributed by atoms with Crippen molar-refractivity contribution in [1.82, 2.24) is 4.98 Å². The van der Waals surface area contributed by atoms with Gasteiger partial charge in [-0.2, -0.15) is 10.5 Å². The van der Waals surface area contributed by atoms with Crippen LogP contribution < -0.4 is 9.47 Å². The number of ketones is 1. The third-order valence-electron chi connectivity index (χ3n) is 5.37. The van der Waals surface area contributed by atoms with Crippen LogP contribution in [-0.2, 0) is 4.79 Å². The predicted octanol–water partition coefficient (Wildman–Crippen LogP) is 4.03. The summed E-state index contributed by atoms with van der Waals surface area (Å²) in [5, 5.41) is 20.0. The van der Waals surface area contributed by atoms with Crippen molar-refractivity contribution in [3.8, 4) is 23.8 Å². The van der Waals surface area contributed by atoms with Crippen LogP contribution in [0.1, 0.15) is 38.2 Å². The van der Waals surface area contributed by atoms with Gasteiger partial charge in [-0.15, -0.1) is 0 Å². The Morgan fingerprint density at radius 2 is 2.00 bits per heavy atom. The number of carbonyl (C=O) groups is 1. The second-order valence-corrected chi connectivity index (χ2v) is 8.03. The molecular formula is C22H19N3O3. The van der Waals surface area contributed by atoms with Gasteiger partial charge < -0.3 is 9.47 Å². The minimum absolute atomic E-state index is 0.0665. The number of rotatable bonds is 2. The van der Waals surface area contributed by atoms with Crippen molar-refractivity contribution in [2.45, 2.75) is 32.6 Å². The van der Waals surface area contributed by atoms with Gasteiger partial charge in [-0.25, -0.2) is 4.98 Å². The number of nitriles is 2. The molecule has 1 aliphatic carbocycles. The number of allylic oxidation sites excluding steroid dienone is 2. The smallest absolute Gasteiger partial charge is 0.223 e. The second-order valence-electron chi connectivity index (χ2n) is 8.03. The van der Waals surface area contributed by atoms with E-state index in [2.05, 4.69) is 17.1 Å². The Hall–Kier alpha value is -3.38. The van der Waals surface area contributed by atoms with Crippen LogP contribution in [0.4, 0.5) is 0 Å². The summed E-state index contributed by atoms with van der Waals surface area (Å²) < 4.78 is 11.4. The molecule has 140 valence electrons. The van der Waals surface area contributed by atoms with Gasteiger partial charge >= 0.3 is 0 Å². The molecule has 28 heavy (non-hydrogen) atoms. The zero-order chi connectivity index (χ0) is 20.1. The molecule has 0 radical (unpaired) electrons. The van der Waals surface area contributed by atoms with Gasteiger partial charge in [0, 0.05) is 29.4 Å². The molecule has 1 unspecified atom stereocenters. The lowest BCUT2D eigenvalue weighted by Gasteiger charge is -2.38. The van der Waals surface area contributed by atoms with Crippen LogP contribution in [0, 0.1) is 34.0 Å². The SMILES string of the molecule is COc1ccc2nc3c(cc2c1)C(C(C#N)C#N)C1=C(CC(C)(C)CC1=O)O3. The maximum absolute atomic E-state index is 13.0. The number of aromatic nitrogens is 1. The van der Waals surface area contributed by atoms with Gasteiger partial charge in [-0.3, -0.25) is 4.79 Å². The van der Waals surface area contributed by atoms with Crippen molar-refractivity contribution in [3.63, 3.8) is 0 Å². The van der Waals surface area contributed by atoms with Crippen molar-refractivity contribution in [1.29, 1.82) is 10.5 Å². The Kier molecular flexibility index (Phi) is 4.08. The quantitative estimate of drug-likeness (QED) is 0.789. The largest absolute Gasteiger partial charge is 0.497 e. The number of benzene rings is 1. The van der Waals surface area contributed by atoms with Crippen molar-refractivity contribution < 1.29 is 14.3 Å². The first-order chi connectivity index (χ1) is 13.4. The van der Waals surface area contributed by atoms with E-state index in [1.54, 1.807) is 7.11 Å². The summed E-state index contributed by atoms with van der Waals surface area (Å²) in [6, 6.07) is 11.4. The molecule has 0 saturated carbocycles. The van der Waals surface area contributed by atoms with E-state index >= 15 is 0 Å². The summed E-state index contributed by atoms with van der Waals surface area (Å²) in [7, 11) is 1.58. The summed E-state index contributed by atoms with van der Waals surface area (Å²) in [5.41, 5.74) is 1.52. The zero-order valence-electron chi connectivity index (χ0n) is 15.9. The number of nitrogens with zero attached hydrogens (tertiary/aromatic N) is 3.